The number of ether oxygens (including phenoxy) is 3. The topological polar surface area (TPSA) is 61.8 Å². The lowest BCUT2D eigenvalue weighted by Gasteiger charge is -2.27. The lowest BCUT2D eigenvalue weighted by atomic mass is 9.76. The van der Waals surface area contributed by atoms with Gasteiger partial charge in [0, 0.05) is 13.5 Å². The highest BCUT2D eigenvalue weighted by Gasteiger charge is 2.35. The predicted molar refractivity (Wildman–Crippen MR) is 98.2 cm³/mol. The van der Waals surface area contributed by atoms with Crippen LogP contribution in [-0.2, 0) is 19.1 Å². The highest BCUT2D eigenvalue weighted by molar-refractivity contribution is 6.00. The Morgan fingerprint density at radius 3 is 2.73 bits per heavy atom. The van der Waals surface area contributed by atoms with Crippen LogP contribution in [0, 0.1) is 5.92 Å². The van der Waals surface area contributed by atoms with Gasteiger partial charge in [0.05, 0.1) is 6.61 Å². The Hall–Kier alpha value is -2.40. The molecule has 0 saturated heterocycles. The molecule has 1 fully saturated rings. The summed E-state index contributed by atoms with van der Waals surface area (Å²) < 4.78 is 15.7. The number of benzene rings is 2. The van der Waals surface area contributed by atoms with Crippen LogP contribution in [0.15, 0.2) is 36.4 Å². The van der Waals surface area contributed by atoms with E-state index in [0.29, 0.717) is 19.4 Å². The minimum Gasteiger partial charge on any atom is -0.468 e. The number of Topliss-reactive ketones (excluding diaryl/α,β-unsaturated/α-hetero) is 1. The van der Waals surface area contributed by atoms with E-state index in [0.717, 1.165) is 28.5 Å². The van der Waals surface area contributed by atoms with E-state index in [2.05, 4.69) is 6.07 Å². The van der Waals surface area contributed by atoms with Gasteiger partial charge in [-0.15, -0.1) is 0 Å². The zero-order chi connectivity index (χ0) is 18.5. The van der Waals surface area contributed by atoms with Crippen molar-refractivity contribution in [3.05, 3.63) is 42.0 Å². The van der Waals surface area contributed by atoms with E-state index in [1.165, 1.54) is 0 Å². The molecule has 0 radical (unpaired) electrons. The molecular weight excluding hydrogens is 332 g/mol. The van der Waals surface area contributed by atoms with E-state index < -0.39 is 11.9 Å². The van der Waals surface area contributed by atoms with Crippen molar-refractivity contribution in [3.8, 4) is 5.75 Å². The SMILES string of the molecule is CCOC(=O)C1CCC(c2cc(OCOC)cc3ccccc23)CC1=O. The number of carbonyl (C=O) groups is 2. The first kappa shape index (κ1) is 18.4. The molecule has 3 rings (SSSR count). The smallest absolute Gasteiger partial charge is 0.316 e. The van der Waals surface area contributed by atoms with Crippen LogP contribution >= 0.6 is 0 Å². The number of esters is 1. The van der Waals surface area contributed by atoms with E-state index in [-0.39, 0.29) is 18.5 Å². The average molecular weight is 356 g/mol. The molecule has 26 heavy (non-hydrogen) atoms. The Labute approximate surface area is 153 Å². The molecule has 2 atom stereocenters. The third-order valence-corrected chi connectivity index (χ3v) is 4.86. The molecule has 0 N–H and O–H groups in total. The second-order valence-electron chi connectivity index (χ2n) is 6.53. The number of fused-ring (bicyclic) bond motifs is 1. The number of rotatable bonds is 6. The van der Waals surface area contributed by atoms with Crippen molar-refractivity contribution < 1.29 is 23.8 Å². The van der Waals surface area contributed by atoms with Gasteiger partial charge in [0.15, 0.2) is 6.79 Å². The minimum atomic E-state index is -0.620. The fraction of sp³-hybridized carbons (Fsp3) is 0.429. The molecule has 5 nitrogen and oxygen atoms in total. The number of carbonyl (C=O) groups excluding carboxylic acids is 2. The summed E-state index contributed by atoms with van der Waals surface area (Å²) in [5.41, 5.74) is 1.09. The maximum atomic E-state index is 12.5. The molecule has 0 bridgehead atoms. The quantitative estimate of drug-likeness (QED) is 0.447. The Kier molecular flexibility index (Phi) is 5.89. The van der Waals surface area contributed by atoms with Crippen molar-refractivity contribution >= 4 is 22.5 Å². The Morgan fingerprint density at radius 2 is 2.00 bits per heavy atom. The van der Waals surface area contributed by atoms with Crippen LogP contribution in [0.3, 0.4) is 0 Å². The zero-order valence-electron chi connectivity index (χ0n) is 15.2. The van der Waals surface area contributed by atoms with E-state index in [1.807, 2.05) is 30.3 Å². The van der Waals surface area contributed by atoms with Gasteiger partial charge < -0.3 is 14.2 Å². The number of hydrogen-bond acceptors (Lipinski definition) is 5. The van der Waals surface area contributed by atoms with Crippen molar-refractivity contribution in [2.24, 2.45) is 5.92 Å². The fourth-order valence-electron chi connectivity index (χ4n) is 3.63. The second-order valence-corrected chi connectivity index (χ2v) is 6.53. The Morgan fingerprint density at radius 1 is 1.19 bits per heavy atom. The monoisotopic (exact) mass is 356 g/mol. The molecule has 1 aliphatic rings. The van der Waals surface area contributed by atoms with Crippen LogP contribution in [0.2, 0.25) is 0 Å². The van der Waals surface area contributed by atoms with Gasteiger partial charge in [-0.3, -0.25) is 9.59 Å². The van der Waals surface area contributed by atoms with Gasteiger partial charge in [0.25, 0.3) is 0 Å². The van der Waals surface area contributed by atoms with Crippen LogP contribution in [0.1, 0.15) is 37.7 Å². The molecule has 2 unspecified atom stereocenters. The van der Waals surface area contributed by atoms with Gasteiger partial charge in [-0.05, 0) is 54.2 Å². The summed E-state index contributed by atoms with van der Waals surface area (Å²) in [6.07, 6.45) is 1.65. The maximum absolute atomic E-state index is 12.5. The van der Waals surface area contributed by atoms with Crippen LogP contribution in [0.5, 0.6) is 5.75 Å². The minimum absolute atomic E-state index is 0.0352. The molecule has 0 aromatic heterocycles. The summed E-state index contributed by atoms with van der Waals surface area (Å²) in [6.45, 7) is 2.23. The molecule has 0 aliphatic heterocycles. The van der Waals surface area contributed by atoms with Gasteiger partial charge in [0.1, 0.15) is 17.5 Å². The van der Waals surface area contributed by atoms with Crippen LogP contribution in [-0.4, -0.2) is 32.3 Å². The van der Waals surface area contributed by atoms with E-state index >= 15 is 0 Å². The van der Waals surface area contributed by atoms with Gasteiger partial charge >= 0.3 is 5.97 Å². The normalized spacial score (nSPS) is 20.2. The molecule has 5 heteroatoms. The third-order valence-electron chi connectivity index (χ3n) is 4.86. The molecule has 2 aromatic carbocycles. The van der Waals surface area contributed by atoms with Gasteiger partial charge in [-0.2, -0.15) is 0 Å². The summed E-state index contributed by atoms with van der Waals surface area (Å²) in [7, 11) is 1.58. The second kappa shape index (κ2) is 8.32. The largest absolute Gasteiger partial charge is 0.468 e. The molecule has 1 saturated carbocycles. The first-order valence-corrected chi connectivity index (χ1v) is 8.97. The predicted octanol–water partition coefficient (Wildman–Crippen LogP) is 3.84. The molecule has 1 aliphatic carbocycles. The van der Waals surface area contributed by atoms with Gasteiger partial charge in [-0.25, -0.2) is 0 Å². The summed E-state index contributed by atoms with van der Waals surface area (Å²) in [5, 5.41) is 2.18. The number of hydrogen-bond donors (Lipinski definition) is 0. The molecule has 0 amide bonds. The molecular formula is C21H24O5. The van der Waals surface area contributed by atoms with Gasteiger partial charge in [0.2, 0.25) is 0 Å². The van der Waals surface area contributed by atoms with Crippen LogP contribution in [0.4, 0.5) is 0 Å². The maximum Gasteiger partial charge on any atom is 0.316 e. The zero-order valence-corrected chi connectivity index (χ0v) is 15.2. The lowest BCUT2D eigenvalue weighted by Crippen LogP contribution is -2.31. The standard InChI is InChI=1S/C21H24O5/c1-3-25-21(23)18-9-8-15(11-20(18)22)19-12-16(26-13-24-2)10-14-6-4-5-7-17(14)19/h4-7,10,12,15,18H,3,8-9,11,13H2,1-2H3. The molecule has 0 heterocycles. The van der Waals surface area contributed by atoms with Crippen LogP contribution < -0.4 is 4.74 Å². The summed E-state index contributed by atoms with van der Waals surface area (Å²) >= 11 is 0. The fourth-order valence-corrected chi connectivity index (χ4v) is 3.63. The van der Waals surface area contributed by atoms with Crippen molar-refractivity contribution in [1.82, 2.24) is 0 Å². The molecule has 0 spiro atoms. The van der Waals surface area contributed by atoms with E-state index in [1.54, 1.807) is 14.0 Å². The Balaban J connectivity index is 1.88. The number of ketones is 1. The lowest BCUT2D eigenvalue weighted by molar-refractivity contribution is -0.152. The average Bonchev–Trinajstić information content (AvgIpc) is 2.65. The summed E-state index contributed by atoms with van der Waals surface area (Å²) in [5.74, 6) is -0.250. The van der Waals surface area contributed by atoms with Crippen molar-refractivity contribution in [2.45, 2.75) is 32.1 Å². The summed E-state index contributed by atoms with van der Waals surface area (Å²) in [4.78, 5) is 24.5. The highest BCUT2D eigenvalue weighted by Crippen LogP contribution is 2.39. The van der Waals surface area contributed by atoms with Crippen molar-refractivity contribution in [3.63, 3.8) is 0 Å². The first-order chi connectivity index (χ1) is 12.6. The van der Waals surface area contributed by atoms with Crippen molar-refractivity contribution in [1.29, 1.82) is 0 Å². The highest BCUT2D eigenvalue weighted by atomic mass is 16.7. The third kappa shape index (κ3) is 3.88. The molecule has 2 aromatic rings. The van der Waals surface area contributed by atoms with E-state index in [4.69, 9.17) is 14.2 Å². The summed E-state index contributed by atoms with van der Waals surface area (Å²) in [6, 6.07) is 12.0. The Bertz CT molecular complexity index is 798. The number of methoxy groups -OCH3 is 1. The van der Waals surface area contributed by atoms with Crippen LogP contribution in [0.25, 0.3) is 10.8 Å². The molecule has 138 valence electrons. The van der Waals surface area contributed by atoms with E-state index in [9.17, 15) is 9.59 Å². The first-order valence-electron chi connectivity index (χ1n) is 8.97. The van der Waals surface area contributed by atoms with Crippen molar-refractivity contribution in [2.75, 3.05) is 20.5 Å². The van der Waals surface area contributed by atoms with Gasteiger partial charge in [-0.1, -0.05) is 24.3 Å².